The number of rotatable bonds is 3. The van der Waals surface area contributed by atoms with Crippen LogP contribution in [0.2, 0.25) is 5.02 Å². The molecule has 3 heteroatoms. The van der Waals surface area contributed by atoms with Crippen molar-refractivity contribution in [2.45, 2.75) is 37.1 Å². The van der Waals surface area contributed by atoms with E-state index in [0.29, 0.717) is 6.54 Å². The van der Waals surface area contributed by atoms with Gasteiger partial charge < -0.3 is 10.6 Å². The molecule has 0 unspecified atom stereocenters. The molecule has 18 heavy (non-hydrogen) atoms. The highest BCUT2D eigenvalue weighted by atomic mass is 35.5. The fourth-order valence-electron chi connectivity index (χ4n) is 3.23. The normalized spacial score (nSPS) is 24.1. The van der Waals surface area contributed by atoms with E-state index in [2.05, 4.69) is 17.0 Å². The Balaban J connectivity index is 1.81. The SMILES string of the molecule is NCC1(c2ccccc2Cl)CCN(C2CC2)CC1. The lowest BCUT2D eigenvalue weighted by atomic mass is 9.72. The number of likely N-dealkylation sites (tertiary alicyclic amines) is 1. The van der Waals surface area contributed by atoms with Gasteiger partial charge in [-0.25, -0.2) is 0 Å². The van der Waals surface area contributed by atoms with Crippen molar-refractivity contribution < 1.29 is 0 Å². The van der Waals surface area contributed by atoms with Gasteiger partial charge in [0.1, 0.15) is 0 Å². The highest BCUT2D eigenvalue weighted by molar-refractivity contribution is 6.31. The van der Waals surface area contributed by atoms with Gasteiger partial charge >= 0.3 is 0 Å². The van der Waals surface area contributed by atoms with Crippen LogP contribution < -0.4 is 5.73 Å². The first-order valence-electron chi connectivity index (χ1n) is 6.94. The summed E-state index contributed by atoms with van der Waals surface area (Å²) >= 11 is 6.37. The summed E-state index contributed by atoms with van der Waals surface area (Å²) in [5.41, 5.74) is 7.45. The average molecular weight is 265 g/mol. The topological polar surface area (TPSA) is 29.3 Å². The standard InChI is InChI=1S/C15H21ClN2/c16-14-4-2-1-3-13(14)15(11-17)7-9-18(10-8-15)12-5-6-12/h1-4,12H,5-11,17H2. The van der Waals surface area contributed by atoms with Gasteiger partial charge in [-0.1, -0.05) is 29.8 Å². The first kappa shape index (κ1) is 12.5. The van der Waals surface area contributed by atoms with Crippen molar-refractivity contribution in [3.8, 4) is 0 Å². The van der Waals surface area contributed by atoms with Crippen LogP contribution in [0.25, 0.3) is 0 Å². The zero-order valence-electron chi connectivity index (χ0n) is 10.7. The minimum atomic E-state index is 0.101. The number of halogens is 1. The van der Waals surface area contributed by atoms with E-state index in [0.717, 1.165) is 23.9 Å². The molecule has 98 valence electrons. The van der Waals surface area contributed by atoms with Gasteiger partial charge in [-0.05, 0) is 50.4 Å². The van der Waals surface area contributed by atoms with Crippen LogP contribution in [-0.4, -0.2) is 30.6 Å². The number of benzene rings is 1. The van der Waals surface area contributed by atoms with Crippen molar-refractivity contribution in [3.63, 3.8) is 0 Å². The van der Waals surface area contributed by atoms with E-state index in [-0.39, 0.29) is 5.41 Å². The maximum atomic E-state index is 6.37. The van der Waals surface area contributed by atoms with Crippen LogP contribution in [0, 0.1) is 0 Å². The Labute approximate surface area is 114 Å². The van der Waals surface area contributed by atoms with E-state index in [1.54, 1.807) is 0 Å². The maximum absolute atomic E-state index is 6.37. The molecule has 3 rings (SSSR count). The summed E-state index contributed by atoms with van der Waals surface area (Å²) in [6.45, 7) is 3.05. The zero-order chi connectivity index (χ0) is 12.6. The first-order chi connectivity index (χ1) is 8.75. The molecule has 1 saturated carbocycles. The molecule has 2 fully saturated rings. The first-order valence-corrected chi connectivity index (χ1v) is 7.32. The summed E-state index contributed by atoms with van der Waals surface area (Å²) in [6.07, 6.45) is 5.07. The highest BCUT2D eigenvalue weighted by Crippen LogP contribution is 2.40. The highest BCUT2D eigenvalue weighted by Gasteiger charge is 2.40. The van der Waals surface area contributed by atoms with Crippen molar-refractivity contribution in [1.29, 1.82) is 0 Å². The molecule has 2 nitrogen and oxygen atoms in total. The maximum Gasteiger partial charge on any atom is 0.0444 e. The van der Waals surface area contributed by atoms with Crippen molar-refractivity contribution >= 4 is 11.6 Å². The molecule has 0 atom stereocenters. The summed E-state index contributed by atoms with van der Waals surface area (Å²) in [6, 6.07) is 9.08. The predicted octanol–water partition coefficient (Wildman–Crippen LogP) is 2.79. The van der Waals surface area contributed by atoms with E-state index in [1.807, 2.05) is 12.1 Å². The van der Waals surface area contributed by atoms with Gasteiger partial charge in [0.25, 0.3) is 0 Å². The van der Waals surface area contributed by atoms with E-state index in [1.165, 1.54) is 31.5 Å². The summed E-state index contributed by atoms with van der Waals surface area (Å²) in [5, 5.41) is 0.878. The number of nitrogens with two attached hydrogens (primary N) is 1. The molecule has 0 aromatic heterocycles. The minimum absolute atomic E-state index is 0.101. The Morgan fingerprint density at radius 3 is 2.44 bits per heavy atom. The zero-order valence-corrected chi connectivity index (χ0v) is 11.5. The molecule has 0 radical (unpaired) electrons. The lowest BCUT2D eigenvalue weighted by Gasteiger charge is -2.42. The molecule has 0 bridgehead atoms. The van der Waals surface area contributed by atoms with Gasteiger partial charge in [-0.15, -0.1) is 0 Å². The van der Waals surface area contributed by atoms with Crippen LogP contribution in [0.3, 0.4) is 0 Å². The molecule has 1 aromatic rings. The van der Waals surface area contributed by atoms with Crippen LogP contribution in [-0.2, 0) is 5.41 Å². The largest absolute Gasteiger partial charge is 0.330 e. The van der Waals surface area contributed by atoms with Crippen LogP contribution in [0.1, 0.15) is 31.2 Å². The summed E-state index contributed by atoms with van der Waals surface area (Å²) < 4.78 is 0. The molecule has 2 aliphatic rings. The van der Waals surface area contributed by atoms with Gasteiger partial charge in [0, 0.05) is 23.0 Å². The molecule has 0 spiro atoms. The second-order valence-electron chi connectivity index (χ2n) is 5.73. The minimum Gasteiger partial charge on any atom is -0.330 e. The second kappa shape index (κ2) is 4.84. The summed E-state index contributed by atoms with van der Waals surface area (Å²) in [4.78, 5) is 2.63. The van der Waals surface area contributed by atoms with Crippen molar-refractivity contribution in [2.75, 3.05) is 19.6 Å². The average Bonchev–Trinajstić information content (AvgIpc) is 3.24. The van der Waals surface area contributed by atoms with Crippen LogP contribution >= 0.6 is 11.6 Å². The Kier molecular flexibility index (Phi) is 3.35. The van der Waals surface area contributed by atoms with Crippen LogP contribution in [0.4, 0.5) is 0 Å². The molecular weight excluding hydrogens is 244 g/mol. The van der Waals surface area contributed by atoms with Gasteiger partial charge in [-0.2, -0.15) is 0 Å². The molecule has 2 N–H and O–H groups in total. The molecule has 1 saturated heterocycles. The molecule has 1 aliphatic carbocycles. The fraction of sp³-hybridized carbons (Fsp3) is 0.600. The monoisotopic (exact) mass is 264 g/mol. The quantitative estimate of drug-likeness (QED) is 0.910. The number of hydrogen-bond acceptors (Lipinski definition) is 2. The number of nitrogens with zero attached hydrogens (tertiary/aromatic N) is 1. The Morgan fingerprint density at radius 2 is 1.89 bits per heavy atom. The third-order valence-corrected chi connectivity index (χ3v) is 4.98. The van der Waals surface area contributed by atoms with Gasteiger partial charge in [-0.3, -0.25) is 0 Å². The number of piperidine rings is 1. The van der Waals surface area contributed by atoms with Crippen LogP contribution in [0.15, 0.2) is 24.3 Å². The lowest BCUT2D eigenvalue weighted by molar-refractivity contribution is 0.155. The third kappa shape index (κ3) is 2.18. The molecule has 1 heterocycles. The van der Waals surface area contributed by atoms with Crippen molar-refractivity contribution in [2.24, 2.45) is 5.73 Å². The third-order valence-electron chi connectivity index (χ3n) is 4.65. The molecular formula is C15H21ClN2. The summed E-state index contributed by atoms with van der Waals surface area (Å²) in [5.74, 6) is 0. The van der Waals surface area contributed by atoms with E-state index in [4.69, 9.17) is 17.3 Å². The number of hydrogen-bond donors (Lipinski definition) is 1. The van der Waals surface area contributed by atoms with Gasteiger partial charge in [0.15, 0.2) is 0 Å². The smallest absolute Gasteiger partial charge is 0.0444 e. The van der Waals surface area contributed by atoms with Gasteiger partial charge in [0.2, 0.25) is 0 Å². The van der Waals surface area contributed by atoms with Crippen LogP contribution in [0.5, 0.6) is 0 Å². The Morgan fingerprint density at radius 1 is 1.22 bits per heavy atom. The molecule has 1 aromatic carbocycles. The molecule has 1 aliphatic heterocycles. The Hall–Kier alpha value is -0.570. The van der Waals surface area contributed by atoms with Gasteiger partial charge in [0.05, 0.1) is 0 Å². The van der Waals surface area contributed by atoms with E-state index >= 15 is 0 Å². The second-order valence-corrected chi connectivity index (χ2v) is 6.14. The van der Waals surface area contributed by atoms with E-state index in [9.17, 15) is 0 Å². The summed E-state index contributed by atoms with van der Waals surface area (Å²) in [7, 11) is 0. The lowest BCUT2D eigenvalue weighted by Crippen LogP contribution is -2.47. The predicted molar refractivity (Wildman–Crippen MR) is 76.0 cm³/mol. The van der Waals surface area contributed by atoms with E-state index < -0.39 is 0 Å². The Bertz CT molecular complexity index is 420. The fourth-order valence-corrected chi connectivity index (χ4v) is 3.57. The molecule has 0 amide bonds. The van der Waals surface area contributed by atoms with Crippen molar-refractivity contribution in [1.82, 2.24) is 4.90 Å². The van der Waals surface area contributed by atoms with Crippen molar-refractivity contribution in [3.05, 3.63) is 34.9 Å².